The fourth-order valence-corrected chi connectivity index (χ4v) is 3.97. The maximum atomic E-state index is 13.1. The van der Waals surface area contributed by atoms with Crippen molar-refractivity contribution in [2.75, 3.05) is 5.32 Å². The lowest BCUT2D eigenvalue weighted by molar-refractivity contribution is 0.102. The van der Waals surface area contributed by atoms with E-state index in [1.54, 1.807) is 56.4 Å². The van der Waals surface area contributed by atoms with Crippen LogP contribution in [0.5, 0.6) is 11.5 Å². The molecule has 3 aromatic heterocycles. The van der Waals surface area contributed by atoms with Crippen LogP contribution in [0.1, 0.15) is 27.3 Å². The Hall–Kier alpha value is -4.66. The lowest BCUT2D eigenvalue weighted by Gasteiger charge is -2.13. The lowest BCUT2D eigenvalue weighted by Crippen LogP contribution is -2.30. The maximum Gasteiger partial charge on any atom is 0.284 e. The van der Waals surface area contributed by atoms with E-state index in [4.69, 9.17) is 20.6 Å². The Morgan fingerprint density at radius 2 is 1.73 bits per heavy atom. The van der Waals surface area contributed by atoms with Gasteiger partial charge >= 0.3 is 0 Å². The van der Waals surface area contributed by atoms with Gasteiger partial charge in [-0.1, -0.05) is 23.2 Å². The predicted octanol–water partition coefficient (Wildman–Crippen LogP) is 2.67. The van der Waals surface area contributed by atoms with Gasteiger partial charge in [-0.05, 0) is 63.2 Å². The molecule has 0 unspecified atom stereocenters. The number of amides is 1. The second-order valence-corrected chi connectivity index (χ2v) is 8.60. The zero-order chi connectivity index (χ0) is 26.3. The van der Waals surface area contributed by atoms with Crippen LogP contribution in [-0.4, -0.2) is 46.2 Å². The summed E-state index contributed by atoms with van der Waals surface area (Å²) in [5, 5.41) is 11.9. The number of hydrogen-bond acceptors (Lipinski definition) is 6. The highest BCUT2D eigenvalue weighted by molar-refractivity contribution is 6.34. The van der Waals surface area contributed by atoms with Crippen LogP contribution in [-0.2, 0) is 0 Å². The Labute approximate surface area is 215 Å². The van der Waals surface area contributed by atoms with Gasteiger partial charge in [0.25, 0.3) is 19.4 Å². The van der Waals surface area contributed by atoms with Crippen molar-refractivity contribution in [2.45, 2.75) is 20.8 Å². The summed E-state index contributed by atoms with van der Waals surface area (Å²) in [6, 6.07) is 15.3. The van der Waals surface area contributed by atoms with Crippen molar-refractivity contribution in [3.8, 4) is 17.2 Å². The van der Waals surface area contributed by atoms with Gasteiger partial charge in [0, 0.05) is 11.9 Å². The first-order valence-electron chi connectivity index (χ1n) is 11.4. The molecule has 0 atom stereocenters. The molecule has 178 valence electrons. The van der Waals surface area contributed by atoms with Gasteiger partial charge in [-0.3, -0.25) is 9.59 Å². The second kappa shape index (κ2) is 9.42. The van der Waals surface area contributed by atoms with E-state index in [9.17, 15) is 9.59 Å². The van der Waals surface area contributed by atoms with Gasteiger partial charge in [0.15, 0.2) is 0 Å². The summed E-state index contributed by atoms with van der Waals surface area (Å²) in [4.78, 5) is 30.3. The van der Waals surface area contributed by atoms with Gasteiger partial charge in [-0.15, -0.1) is 0 Å². The number of ether oxygens (including phenoxy) is 1. The number of rotatable bonds is 5. The molecule has 0 fully saturated rings. The van der Waals surface area contributed by atoms with Crippen LogP contribution in [0.3, 0.4) is 0 Å². The third-order valence-electron chi connectivity index (χ3n) is 5.77. The summed E-state index contributed by atoms with van der Waals surface area (Å²) >= 11 is 0. The number of nitrogens with zero attached hydrogens (tertiary/aromatic N) is 5. The minimum Gasteiger partial charge on any atom is -0.457 e. The van der Waals surface area contributed by atoms with E-state index >= 15 is 0 Å². The Balaban J connectivity index is 1.40. The molecular weight excluding hydrogens is 466 g/mol. The number of nitrogens with one attached hydrogen (secondary N) is 1. The monoisotopic (exact) mass is 486 g/mol. The average molecular weight is 486 g/mol. The fraction of sp³-hybridized carbons (Fsp3) is 0.115. The molecule has 11 heteroatoms. The molecular formula is C26H20B2N6O3. The average Bonchev–Trinajstić information content (AvgIpc) is 3.16. The van der Waals surface area contributed by atoms with Crippen LogP contribution >= 0.6 is 0 Å². The molecule has 0 aliphatic rings. The van der Waals surface area contributed by atoms with Crippen molar-refractivity contribution in [1.82, 2.24) is 24.5 Å². The largest absolute Gasteiger partial charge is 0.457 e. The molecule has 0 bridgehead atoms. The van der Waals surface area contributed by atoms with Crippen LogP contribution in [0, 0.1) is 20.8 Å². The zero-order valence-corrected chi connectivity index (χ0v) is 20.4. The molecule has 0 saturated heterocycles. The van der Waals surface area contributed by atoms with E-state index in [0.29, 0.717) is 45.3 Å². The van der Waals surface area contributed by atoms with Gasteiger partial charge < -0.3 is 14.6 Å². The van der Waals surface area contributed by atoms with Crippen LogP contribution in [0.15, 0.2) is 65.6 Å². The summed E-state index contributed by atoms with van der Waals surface area (Å²) < 4.78 is 8.43. The Morgan fingerprint density at radius 3 is 2.46 bits per heavy atom. The van der Waals surface area contributed by atoms with Crippen LogP contribution < -0.4 is 21.1 Å². The molecule has 3 heterocycles. The molecule has 0 saturated carbocycles. The molecule has 1 amide bonds. The molecule has 4 radical (unpaired) electrons. The smallest absolute Gasteiger partial charge is 0.284 e. The second-order valence-electron chi connectivity index (χ2n) is 8.60. The SMILES string of the molecule is [B]c1cc(NC(=O)c2cc(C)nn(-c3ccc(C)cc3)c2=O)ccc1Oc1ccnc2c1c(C)nn2[B]. The van der Waals surface area contributed by atoms with Gasteiger partial charge in [0.05, 0.1) is 22.5 Å². The summed E-state index contributed by atoms with van der Waals surface area (Å²) in [5.41, 5.74) is 3.38. The standard InChI is InChI=1S/C26H20B2N6O3/c1-14-4-7-18(8-5-14)33-26(36)19(12-15(2)31-33)25(35)30-17-6-9-21(20(27)13-17)37-22-10-11-29-24-23(22)16(3)32-34(24)28/h4-13H,1-3H3,(H,30,35). The van der Waals surface area contributed by atoms with Crippen molar-refractivity contribution >= 4 is 43.9 Å². The summed E-state index contributed by atoms with van der Waals surface area (Å²) in [6.07, 6.45) is 1.56. The number of aryl methyl sites for hydroxylation is 3. The van der Waals surface area contributed by atoms with Gasteiger partial charge in [-0.2, -0.15) is 14.9 Å². The lowest BCUT2D eigenvalue weighted by atomic mass is 9.94. The number of carbonyl (C=O) groups is 1. The van der Waals surface area contributed by atoms with Crippen molar-refractivity contribution in [1.29, 1.82) is 0 Å². The third-order valence-corrected chi connectivity index (χ3v) is 5.77. The maximum absolute atomic E-state index is 13.1. The molecule has 37 heavy (non-hydrogen) atoms. The topological polar surface area (TPSA) is 104 Å². The number of anilines is 1. The Bertz CT molecular complexity index is 1730. The third kappa shape index (κ3) is 4.63. The molecule has 0 aliphatic carbocycles. The minimum atomic E-state index is -0.578. The summed E-state index contributed by atoms with van der Waals surface area (Å²) in [6.45, 7) is 5.47. The predicted molar refractivity (Wildman–Crippen MR) is 143 cm³/mol. The number of benzene rings is 2. The Kier molecular flexibility index (Phi) is 6.12. The highest BCUT2D eigenvalue weighted by atomic mass is 16.5. The normalized spacial score (nSPS) is 11.0. The quantitative estimate of drug-likeness (QED) is 0.384. The first-order chi connectivity index (χ1) is 17.7. The Morgan fingerprint density at radius 1 is 0.973 bits per heavy atom. The molecule has 0 spiro atoms. The highest BCUT2D eigenvalue weighted by Gasteiger charge is 2.17. The van der Waals surface area contributed by atoms with E-state index < -0.39 is 11.5 Å². The summed E-state index contributed by atoms with van der Waals surface area (Å²) in [5.74, 6) is 0.286. The van der Waals surface area contributed by atoms with Crippen LogP contribution in [0.2, 0.25) is 0 Å². The number of fused-ring (bicyclic) bond motifs is 1. The molecule has 2 aromatic carbocycles. The van der Waals surface area contributed by atoms with Crippen LogP contribution in [0.4, 0.5) is 5.69 Å². The number of hydrogen-bond donors (Lipinski definition) is 1. The van der Waals surface area contributed by atoms with E-state index in [2.05, 4.69) is 20.5 Å². The van der Waals surface area contributed by atoms with E-state index in [0.717, 1.165) is 5.56 Å². The molecule has 5 aromatic rings. The van der Waals surface area contributed by atoms with Crippen molar-refractivity contribution in [2.24, 2.45) is 0 Å². The molecule has 9 nitrogen and oxygen atoms in total. The molecule has 1 N–H and O–H groups in total. The zero-order valence-electron chi connectivity index (χ0n) is 20.4. The highest BCUT2D eigenvalue weighted by Crippen LogP contribution is 2.30. The van der Waals surface area contributed by atoms with Gasteiger partial charge in [0.2, 0.25) is 0 Å². The van der Waals surface area contributed by atoms with E-state index in [1.807, 2.05) is 19.1 Å². The molecule has 5 rings (SSSR count). The van der Waals surface area contributed by atoms with Gasteiger partial charge in [0.1, 0.15) is 30.6 Å². The first-order valence-corrected chi connectivity index (χ1v) is 11.4. The van der Waals surface area contributed by atoms with Crippen molar-refractivity contribution in [3.05, 3.63) is 93.7 Å². The minimum absolute atomic E-state index is 0.0413. The fourth-order valence-electron chi connectivity index (χ4n) is 3.97. The first kappa shape index (κ1) is 24.1. The van der Waals surface area contributed by atoms with Crippen LogP contribution in [0.25, 0.3) is 16.7 Å². The van der Waals surface area contributed by atoms with E-state index in [-0.39, 0.29) is 11.0 Å². The van der Waals surface area contributed by atoms with E-state index in [1.165, 1.54) is 15.3 Å². The van der Waals surface area contributed by atoms with Crippen molar-refractivity contribution in [3.63, 3.8) is 0 Å². The number of aromatic nitrogens is 5. The number of carbonyl (C=O) groups excluding carboxylic acids is 1. The molecule has 0 aliphatic heterocycles. The summed E-state index contributed by atoms with van der Waals surface area (Å²) in [7, 11) is 12.1. The van der Waals surface area contributed by atoms with Crippen molar-refractivity contribution < 1.29 is 9.53 Å². The van der Waals surface area contributed by atoms with Gasteiger partial charge in [-0.25, -0.2) is 4.98 Å². The number of pyridine rings is 1.